The van der Waals surface area contributed by atoms with Crippen molar-refractivity contribution in [3.63, 3.8) is 0 Å². The van der Waals surface area contributed by atoms with Gasteiger partial charge in [0.05, 0.1) is 19.8 Å². The van der Waals surface area contributed by atoms with Gasteiger partial charge in [-0.1, -0.05) is 30.3 Å². The van der Waals surface area contributed by atoms with E-state index < -0.39 is 41.0 Å². The van der Waals surface area contributed by atoms with Gasteiger partial charge < -0.3 is 45.7 Å². The second-order valence-electron chi connectivity index (χ2n) is 10.7. The Hall–Kier alpha value is -3.30. The predicted molar refractivity (Wildman–Crippen MR) is 151 cm³/mol. The first-order valence-electron chi connectivity index (χ1n) is 13.1. The Bertz CT molecular complexity index is 1320. The molecule has 0 aliphatic carbocycles. The molecule has 3 atom stereocenters. The van der Waals surface area contributed by atoms with E-state index in [1.165, 1.54) is 18.2 Å². The van der Waals surface area contributed by atoms with Crippen molar-refractivity contribution in [2.24, 2.45) is 0 Å². The lowest BCUT2D eigenvalue weighted by Crippen LogP contribution is -2.79. The van der Waals surface area contributed by atoms with Crippen molar-refractivity contribution < 1.29 is 44.7 Å². The number of hydrogen-bond acceptors (Lipinski definition) is 11. The van der Waals surface area contributed by atoms with Crippen LogP contribution in [0.2, 0.25) is 0 Å². The number of nitrogens with zero attached hydrogens (tertiary/aromatic N) is 2. The third-order valence-corrected chi connectivity index (χ3v) is 7.97. The predicted octanol–water partition coefficient (Wildman–Crippen LogP) is -4.04. The maximum Gasteiger partial charge on any atom is 0.275 e. The Morgan fingerprint density at radius 1 is 1.05 bits per heavy atom. The average Bonchev–Trinajstić information content (AvgIpc) is 3.30. The molecule has 2 heterocycles. The van der Waals surface area contributed by atoms with Gasteiger partial charge in [-0.2, -0.15) is 0 Å². The summed E-state index contributed by atoms with van der Waals surface area (Å²) >= 11 is 0. The molecule has 3 unspecified atom stereocenters. The van der Waals surface area contributed by atoms with Gasteiger partial charge in [0, 0.05) is 49.1 Å². The molecule has 0 spiro atoms. The molecular formula is C26H34B2N4O9. The summed E-state index contributed by atoms with van der Waals surface area (Å²) in [4.78, 5) is 40.8. The van der Waals surface area contributed by atoms with Crippen LogP contribution in [0.1, 0.15) is 27.0 Å². The number of anilines is 1. The van der Waals surface area contributed by atoms with Crippen molar-refractivity contribution in [1.29, 1.82) is 0 Å². The largest absolute Gasteiger partial charge is 0.391 e. The van der Waals surface area contributed by atoms with Crippen LogP contribution >= 0.6 is 0 Å². The molecule has 1 saturated heterocycles. The highest BCUT2D eigenvalue weighted by Crippen LogP contribution is 2.40. The molecule has 41 heavy (non-hydrogen) atoms. The van der Waals surface area contributed by atoms with Gasteiger partial charge >= 0.3 is 0 Å². The molecule has 13 nitrogen and oxygen atoms in total. The van der Waals surface area contributed by atoms with Crippen LogP contribution in [0.3, 0.4) is 0 Å². The number of ether oxygens (including phenoxy) is 1. The number of rotatable bonds is 10. The van der Waals surface area contributed by atoms with Gasteiger partial charge in [-0.05, 0) is 17.7 Å². The third kappa shape index (κ3) is 5.37. The molecule has 0 saturated carbocycles. The Kier molecular flexibility index (Phi) is 8.35. The summed E-state index contributed by atoms with van der Waals surface area (Å²) in [5.41, 5.74) is -7.26. The number of amides is 2. The van der Waals surface area contributed by atoms with E-state index in [-0.39, 0.29) is 28.7 Å². The molecule has 0 bridgehead atoms. The molecule has 2 aromatic rings. The lowest BCUT2D eigenvalue weighted by atomic mass is 9.54. The van der Waals surface area contributed by atoms with Crippen LogP contribution in [0.4, 0.5) is 5.69 Å². The first-order valence-corrected chi connectivity index (χ1v) is 13.1. The average molecular weight is 568 g/mol. The molecule has 7 N–H and O–H groups in total. The van der Waals surface area contributed by atoms with Gasteiger partial charge in [-0.15, -0.1) is 0 Å². The number of aldehydes is 1. The molecule has 218 valence electrons. The summed E-state index contributed by atoms with van der Waals surface area (Å²) in [7, 11) is 2.91. The van der Waals surface area contributed by atoms with Crippen LogP contribution in [0.25, 0.3) is 0 Å². The highest BCUT2D eigenvalue weighted by Gasteiger charge is 2.65. The van der Waals surface area contributed by atoms with Crippen LogP contribution in [-0.4, -0.2) is 119 Å². The fourth-order valence-electron chi connectivity index (χ4n) is 5.08. The summed E-state index contributed by atoms with van der Waals surface area (Å²) in [6.45, 7) is 3.13. The van der Waals surface area contributed by atoms with Crippen molar-refractivity contribution in [2.45, 2.75) is 35.7 Å². The topological polar surface area (TPSA) is 192 Å². The molecule has 2 aliphatic heterocycles. The van der Waals surface area contributed by atoms with Crippen LogP contribution < -0.4 is 10.6 Å². The normalized spacial score (nSPS) is 20.3. The quantitative estimate of drug-likeness (QED) is 0.0839. The molecular weight excluding hydrogens is 534 g/mol. The van der Waals surface area contributed by atoms with Gasteiger partial charge in [0.1, 0.15) is 17.3 Å². The van der Waals surface area contributed by atoms with E-state index in [4.69, 9.17) is 4.74 Å². The Labute approximate surface area is 238 Å². The van der Waals surface area contributed by atoms with E-state index in [2.05, 4.69) is 15.5 Å². The lowest BCUT2D eigenvalue weighted by Gasteiger charge is -2.49. The number of aliphatic hydroxyl groups is 5. The van der Waals surface area contributed by atoms with Crippen molar-refractivity contribution >= 4 is 39.5 Å². The smallest absolute Gasteiger partial charge is 0.275 e. The Morgan fingerprint density at radius 2 is 1.68 bits per heavy atom. The van der Waals surface area contributed by atoms with Gasteiger partial charge in [0.2, 0.25) is 5.72 Å². The van der Waals surface area contributed by atoms with Crippen molar-refractivity contribution in [3.05, 3.63) is 64.7 Å². The van der Waals surface area contributed by atoms with E-state index in [9.17, 15) is 39.9 Å². The summed E-state index contributed by atoms with van der Waals surface area (Å²) in [5.74, 6) is -4.73. The van der Waals surface area contributed by atoms with E-state index in [1.807, 2.05) is 0 Å². The van der Waals surface area contributed by atoms with E-state index in [0.717, 1.165) is 41.4 Å². The lowest BCUT2D eigenvalue weighted by molar-refractivity contribution is -0.219. The molecule has 4 rings (SSSR count). The fourth-order valence-corrected chi connectivity index (χ4v) is 5.08. The molecule has 15 heteroatoms. The maximum absolute atomic E-state index is 13.5. The van der Waals surface area contributed by atoms with E-state index >= 15 is 0 Å². The highest BCUT2D eigenvalue weighted by atomic mass is 16.5. The molecule has 1 fully saturated rings. The number of carbonyl (C=O) groups excluding carboxylic acids is 3. The standard InChI is InChI=1S/C26H34B2N4O9/c1-29-22(35)24(37,26(28,40)23(27,36)15-33)32-14-19-18(21(32)34)3-2-4-20(19)30-25(38,39)17-7-5-16(6-8-17)13-31-9-11-41-12-10-31/h2-8,15,30,36-40H,9-14,27-28H2,1H3,(H,29,35). The molecule has 2 amide bonds. The number of fused-ring (bicyclic) bond motifs is 1. The second kappa shape index (κ2) is 11.2. The van der Waals surface area contributed by atoms with Crippen molar-refractivity contribution in [2.75, 3.05) is 38.7 Å². The fraction of sp³-hybridized carbons (Fsp3) is 0.423. The van der Waals surface area contributed by atoms with Gasteiger partial charge in [-0.3, -0.25) is 19.4 Å². The van der Waals surface area contributed by atoms with Crippen LogP contribution in [-0.2, 0) is 33.3 Å². The molecule has 2 aliphatic rings. The maximum atomic E-state index is 13.5. The zero-order valence-electron chi connectivity index (χ0n) is 23.1. The molecule has 0 aromatic heterocycles. The van der Waals surface area contributed by atoms with E-state index in [1.54, 1.807) is 24.3 Å². The van der Waals surface area contributed by atoms with Crippen molar-refractivity contribution in [3.8, 4) is 0 Å². The summed E-state index contributed by atoms with van der Waals surface area (Å²) in [6, 6.07) is 11.0. The molecule has 2 aromatic carbocycles. The summed E-state index contributed by atoms with van der Waals surface area (Å²) in [5, 5.41) is 60.0. The number of hydrogen-bond donors (Lipinski definition) is 7. The third-order valence-electron chi connectivity index (χ3n) is 7.97. The zero-order chi connectivity index (χ0) is 30.2. The highest BCUT2D eigenvalue weighted by molar-refractivity contribution is 6.33. The Balaban J connectivity index is 1.61. The Morgan fingerprint density at radius 3 is 2.27 bits per heavy atom. The zero-order valence-corrected chi connectivity index (χ0v) is 23.1. The first kappa shape index (κ1) is 30.7. The minimum absolute atomic E-state index is 0.00414. The number of morpholine rings is 1. The number of nitrogens with one attached hydrogen (secondary N) is 2. The van der Waals surface area contributed by atoms with Crippen LogP contribution in [0.15, 0.2) is 42.5 Å². The summed E-state index contributed by atoms with van der Waals surface area (Å²) < 4.78 is 5.36. The SMILES string of the molecule is BC(O)(C=O)C(B)(O)C(O)(C(=O)NC)N1Cc2c(NC(O)(O)c3ccc(CN4CCOCC4)cc3)cccc2C1=O. The number of benzene rings is 2. The number of carbonyl (C=O) groups is 3. The van der Waals surface area contributed by atoms with Gasteiger partial charge in [0.25, 0.3) is 17.7 Å². The van der Waals surface area contributed by atoms with E-state index in [0.29, 0.717) is 24.7 Å². The minimum atomic E-state index is -3.11. The van der Waals surface area contributed by atoms with Crippen molar-refractivity contribution in [1.82, 2.24) is 15.1 Å². The molecule has 0 radical (unpaired) electrons. The van der Waals surface area contributed by atoms with Crippen LogP contribution in [0, 0.1) is 0 Å². The number of likely N-dealkylation sites (N-methyl/N-ethyl adjacent to an activating group) is 1. The summed E-state index contributed by atoms with van der Waals surface area (Å²) in [6.07, 6.45) is -0.0420. The monoisotopic (exact) mass is 568 g/mol. The first-order chi connectivity index (χ1) is 19.2. The minimum Gasteiger partial charge on any atom is -0.391 e. The van der Waals surface area contributed by atoms with Gasteiger partial charge in [-0.25, -0.2) is 0 Å². The van der Waals surface area contributed by atoms with Crippen LogP contribution in [0.5, 0.6) is 0 Å². The second-order valence-corrected chi connectivity index (χ2v) is 10.7. The van der Waals surface area contributed by atoms with Gasteiger partial charge in [0.15, 0.2) is 15.7 Å².